The van der Waals surface area contributed by atoms with E-state index in [9.17, 15) is 9.59 Å². The first-order valence-electron chi connectivity index (χ1n) is 12.8. The Morgan fingerprint density at radius 3 is 2.50 bits per heavy atom. The van der Waals surface area contributed by atoms with E-state index < -0.39 is 5.60 Å². The number of amides is 2. The van der Waals surface area contributed by atoms with E-state index in [1.165, 1.54) is 0 Å². The third-order valence-electron chi connectivity index (χ3n) is 6.75. The molecule has 2 aliphatic heterocycles. The van der Waals surface area contributed by atoms with Gasteiger partial charge in [-0.15, -0.1) is 0 Å². The van der Waals surface area contributed by atoms with Crippen LogP contribution in [0.1, 0.15) is 77.1 Å². The summed E-state index contributed by atoms with van der Waals surface area (Å²) >= 11 is 0. The van der Waals surface area contributed by atoms with E-state index in [2.05, 4.69) is 36.5 Å². The van der Waals surface area contributed by atoms with Gasteiger partial charge in [-0.05, 0) is 82.0 Å². The molecule has 2 aliphatic rings. The van der Waals surface area contributed by atoms with Crippen molar-refractivity contribution >= 4 is 29.1 Å². The highest BCUT2D eigenvalue weighted by atomic mass is 16.6. The second-order valence-electron chi connectivity index (χ2n) is 10.7. The topological polar surface area (TPSA) is 87.9 Å². The molecule has 4 rings (SSSR count). The minimum Gasteiger partial charge on any atom is -0.444 e. The van der Waals surface area contributed by atoms with Crippen molar-refractivity contribution in [3.63, 3.8) is 0 Å². The van der Waals surface area contributed by atoms with Crippen molar-refractivity contribution in [2.45, 2.75) is 77.6 Å². The fraction of sp³-hybridized carbons (Fsp3) is 0.448. The van der Waals surface area contributed by atoms with Gasteiger partial charge in [0.25, 0.3) is 0 Å². The molecule has 2 aromatic rings. The molecule has 2 heterocycles. The highest BCUT2D eigenvalue weighted by Crippen LogP contribution is 2.42. The summed E-state index contributed by atoms with van der Waals surface area (Å²) in [5.41, 5.74) is 9.98. The maximum absolute atomic E-state index is 13.1. The number of rotatable bonds is 4. The minimum absolute atomic E-state index is 0.0275. The summed E-state index contributed by atoms with van der Waals surface area (Å²) in [6.45, 7) is 10.1. The van der Waals surface area contributed by atoms with Crippen LogP contribution in [-0.4, -0.2) is 35.1 Å². The standard InChI is InChI=1S/C29H38N4O3/c1-6-27(34)33-19(2)17-24(31-22-13-11-21(30)12-14-22)23-15-10-20(18-26(23)33)25-9-7-8-16-32(25)28(35)36-29(3,4)5/h7-8,10-15,18-19,24-25,31H,6,9,16-17,30H2,1-5H3/t19?,24-,25?/m1/s1. The number of benzene rings is 2. The smallest absolute Gasteiger partial charge is 0.411 e. The second kappa shape index (κ2) is 10.2. The molecule has 7 heteroatoms. The van der Waals surface area contributed by atoms with Crippen LogP contribution in [0.2, 0.25) is 0 Å². The molecule has 2 aromatic carbocycles. The molecule has 0 radical (unpaired) electrons. The lowest BCUT2D eigenvalue weighted by atomic mass is 9.88. The molecular formula is C29H38N4O3. The highest BCUT2D eigenvalue weighted by Gasteiger charge is 2.35. The van der Waals surface area contributed by atoms with Gasteiger partial charge in [-0.2, -0.15) is 0 Å². The lowest BCUT2D eigenvalue weighted by Crippen LogP contribution is -2.44. The molecule has 36 heavy (non-hydrogen) atoms. The van der Waals surface area contributed by atoms with Crippen LogP contribution in [-0.2, 0) is 9.53 Å². The van der Waals surface area contributed by atoms with Crippen molar-refractivity contribution < 1.29 is 14.3 Å². The quantitative estimate of drug-likeness (QED) is 0.394. The maximum atomic E-state index is 13.1. The van der Waals surface area contributed by atoms with Crippen molar-refractivity contribution in [2.75, 3.05) is 22.5 Å². The molecule has 3 N–H and O–H groups in total. The molecule has 2 unspecified atom stereocenters. The Kier molecular flexibility index (Phi) is 7.29. The van der Waals surface area contributed by atoms with Gasteiger partial charge in [-0.1, -0.05) is 31.2 Å². The molecule has 0 fully saturated rings. The molecule has 0 saturated carbocycles. The molecule has 0 saturated heterocycles. The summed E-state index contributed by atoms with van der Waals surface area (Å²) in [5.74, 6) is 0.0966. The fourth-order valence-electron chi connectivity index (χ4n) is 5.06. The van der Waals surface area contributed by atoms with E-state index in [4.69, 9.17) is 10.5 Å². The molecule has 2 amide bonds. The molecule has 0 bridgehead atoms. The SMILES string of the molecule is CCC(=O)N1c2cc(C3CC=CCN3C(=O)OC(C)(C)C)ccc2[C@H](Nc2ccc(N)cc2)CC1C. The normalized spacial score (nSPS) is 21.6. The van der Waals surface area contributed by atoms with Gasteiger partial charge >= 0.3 is 6.09 Å². The van der Waals surface area contributed by atoms with Gasteiger partial charge in [0, 0.05) is 36.1 Å². The first-order valence-corrected chi connectivity index (χ1v) is 12.8. The van der Waals surface area contributed by atoms with E-state index in [-0.39, 0.29) is 30.1 Å². The van der Waals surface area contributed by atoms with E-state index in [0.29, 0.717) is 19.4 Å². The maximum Gasteiger partial charge on any atom is 0.411 e. The Morgan fingerprint density at radius 2 is 1.83 bits per heavy atom. The molecule has 3 atom stereocenters. The zero-order chi connectivity index (χ0) is 26.0. The van der Waals surface area contributed by atoms with Crippen molar-refractivity contribution in [2.24, 2.45) is 0 Å². The number of ether oxygens (including phenoxy) is 1. The molecular weight excluding hydrogens is 452 g/mol. The molecule has 0 aliphatic carbocycles. The van der Waals surface area contributed by atoms with Gasteiger partial charge in [0.15, 0.2) is 0 Å². The summed E-state index contributed by atoms with van der Waals surface area (Å²) in [5, 5.41) is 3.63. The predicted molar refractivity (Wildman–Crippen MR) is 145 cm³/mol. The third kappa shape index (κ3) is 5.50. The second-order valence-corrected chi connectivity index (χ2v) is 10.7. The number of hydrogen-bond donors (Lipinski definition) is 2. The van der Waals surface area contributed by atoms with Crippen molar-refractivity contribution in [1.29, 1.82) is 0 Å². The fourth-order valence-corrected chi connectivity index (χ4v) is 5.06. The zero-order valence-corrected chi connectivity index (χ0v) is 22.0. The lowest BCUT2D eigenvalue weighted by Gasteiger charge is -2.41. The van der Waals surface area contributed by atoms with Crippen molar-refractivity contribution in [1.82, 2.24) is 4.90 Å². The predicted octanol–water partition coefficient (Wildman–Crippen LogP) is 6.20. The van der Waals surface area contributed by atoms with Crippen LogP contribution < -0.4 is 16.0 Å². The van der Waals surface area contributed by atoms with Crippen LogP contribution in [0.3, 0.4) is 0 Å². The lowest BCUT2D eigenvalue weighted by molar-refractivity contribution is -0.118. The number of carbonyl (C=O) groups is 2. The minimum atomic E-state index is -0.570. The average molecular weight is 491 g/mol. The van der Waals surface area contributed by atoms with Crippen LogP contribution in [0.15, 0.2) is 54.6 Å². The van der Waals surface area contributed by atoms with Crippen LogP contribution in [0, 0.1) is 0 Å². The molecule has 0 spiro atoms. The number of anilines is 3. The largest absolute Gasteiger partial charge is 0.444 e. The summed E-state index contributed by atoms with van der Waals surface area (Å²) in [7, 11) is 0. The zero-order valence-electron chi connectivity index (χ0n) is 22.0. The van der Waals surface area contributed by atoms with E-state index in [1.807, 2.05) is 62.9 Å². The Bertz CT molecular complexity index is 1140. The van der Waals surface area contributed by atoms with Gasteiger partial charge in [0.2, 0.25) is 5.91 Å². The van der Waals surface area contributed by atoms with Gasteiger partial charge < -0.3 is 20.7 Å². The first kappa shape index (κ1) is 25.6. The summed E-state index contributed by atoms with van der Waals surface area (Å²) < 4.78 is 5.70. The monoisotopic (exact) mass is 490 g/mol. The Hall–Kier alpha value is -3.48. The number of carbonyl (C=O) groups excluding carboxylic acids is 2. The third-order valence-corrected chi connectivity index (χ3v) is 6.75. The highest BCUT2D eigenvalue weighted by molar-refractivity contribution is 5.95. The van der Waals surface area contributed by atoms with E-state index in [0.717, 1.165) is 34.6 Å². The van der Waals surface area contributed by atoms with Gasteiger partial charge in [0.1, 0.15) is 5.60 Å². The number of nitrogens with two attached hydrogens (primary N) is 1. The molecule has 7 nitrogen and oxygen atoms in total. The van der Waals surface area contributed by atoms with Crippen LogP contribution in [0.4, 0.5) is 21.9 Å². The van der Waals surface area contributed by atoms with Gasteiger partial charge in [0.05, 0.1) is 12.1 Å². The summed E-state index contributed by atoms with van der Waals surface area (Å²) in [6.07, 6.45) is 5.70. The summed E-state index contributed by atoms with van der Waals surface area (Å²) in [4.78, 5) is 29.8. The Morgan fingerprint density at radius 1 is 1.11 bits per heavy atom. The van der Waals surface area contributed by atoms with Crippen LogP contribution in [0.25, 0.3) is 0 Å². The van der Waals surface area contributed by atoms with Gasteiger partial charge in [-0.3, -0.25) is 9.69 Å². The number of nitrogen functional groups attached to an aromatic ring is 1. The summed E-state index contributed by atoms with van der Waals surface area (Å²) in [6, 6.07) is 13.9. The van der Waals surface area contributed by atoms with Crippen molar-refractivity contribution in [3.05, 3.63) is 65.7 Å². The van der Waals surface area contributed by atoms with Crippen LogP contribution >= 0.6 is 0 Å². The molecule has 192 valence electrons. The average Bonchev–Trinajstić information content (AvgIpc) is 2.83. The Balaban J connectivity index is 1.71. The van der Waals surface area contributed by atoms with Gasteiger partial charge in [-0.25, -0.2) is 4.79 Å². The number of hydrogen-bond acceptors (Lipinski definition) is 5. The Labute approximate surface area is 214 Å². The molecule has 0 aromatic heterocycles. The first-order chi connectivity index (χ1) is 17.1. The number of fused-ring (bicyclic) bond motifs is 1. The van der Waals surface area contributed by atoms with E-state index in [1.54, 1.807) is 4.90 Å². The number of nitrogens with one attached hydrogen (secondary N) is 1. The van der Waals surface area contributed by atoms with Crippen LogP contribution in [0.5, 0.6) is 0 Å². The number of nitrogens with zero attached hydrogens (tertiary/aromatic N) is 2. The van der Waals surface area contributed by atoms with Crippen molar-refractivity contribution in [3.8, 4) is 0 Å². The van der Waals surface area contributed by atoms with E-state index >= 15 is 0 Å².